The average Bonchev–Trinajstić information content (AvgIpc) is 3.43. The lowest BCUT2D eigenvalue weighted by molar-refractivity contribution is 1.08. The largest absolute Gasteiger partial charge is 0.208 e. The molecule has 0 spiro atoms. The van der Waals surface area contributed by atoms with Crippen molar-refractivity contribution >= 4 is 37.1 Å². The van der Waals surface area contributed by atoms with Crippen molar-refractivity contribution in [1.29, 1.82) is 0 Å². The third-order valence-corrected chi connectivity index (χ3v) is 8.66. The minimum absolute atomic E-state index is 0.661. The summed E-state index contributed by atoms with van der Waals surface area (Å²) in [6, 6.07) is 42.2. The van der Waals surface area contributed by atoms with Crippen LogP contribution < -0.4 is 0 Å². The Hall–Kier alpha value is -4.93. The van der Waals surface area contributed by atoms with Crippen LogP contribution in [0.15, 0.2) is 127 Å². The van der Waals surface area contributed by atoms with Crippen LogP contribution in [0.4, 0.5) is 0 Å². The van der Waals surface area contributed by atoms with Gasteiger partial charge in [0.15, 0.2) is 17.5 Å². The zero-order valence-electron chi connectivity index (χ0n) is 22.9. The maximum atomic E-state index is 5.12. The molecule has 0 aliphatic heterocycles. The molecule has 7 rings (SSSR count). The summed E-state index contributed by atoms with van der Waals surface area (Å²) in [5.41, 5.74) is 7.72. The van der Waals surface area contributed by atoms with Crippen LogP contribution in [-0.2, 0) is 0 Å². The van der Waals surface area contributed by atoms with Gasteiger partial charge in [-0.05, 0) is 60.4 Å². The Bertz CT molecular complexity index is 2060. The van der Waals surface area contributed by atoms with Crippen LogP contribution in [0.25, 0.3) is 71.0 Å². The Kier molecular flexibility index (Phi) is 6.46. The molecule has 0 radical (unpaired) electrons. The lowest BCUT2D eigenvalue weighted by Gasteiger charge is -2.11. The summed E-state index contributed by atoms with van der Waals surface area (Å²) in [6.07, 6.45) is 2.16. The summed E-state index contributed by atoms with van der Waals surface area (Å²) in [5, 5.41) is 2.42. The van der Waals surface area contributed by atoms with Crippen LogP contribution in [0.2, 0.25) is 0 Å². The van der Waals surface area contributed by atoms with Crippen molar-refractivity contribution in [1.82, 2.24) is 15.0 Å². The van der Waals surface area contributed by atoms with Crippen molar-refractivity contribution in [3.8, 4) is 45.3 Å². The Balaban J connectivity index is 1.47. The van der Waals surface area contributed by atoms with E-state index >= 15 is 0 Å². The molecule has 7 aromatic rings. The number of allylic oxidation sites excluding steroid dienone is 2. The summed E-state index contributed by atoms with van der Waals surface area (Å²) in [6.45, 7) is 4.24. The lowest BCUT2D eigenvalue weighted by atomic mass is 10.0. The summed E-state index contributed by atoms with van der Waals surface area (Å²) in [7, 11) is 0. The molecule has 0 saturated heterocycles. The standard InChI is InChI=1S/C37H27N3S/c1-3-24(2)27-20-21-32-31(23-27)34-30(18-11-19-33(34)41-32)37-39-35(26-14-8-5-9-15-26)38-36(40-37)29-17-10-16-28(22-29)25-12-6-4-7-13-25/h3-23H,1-2H3/b24-3+. The van der Waals surface area contributed by atoms with Crippen LogP contribution >= 0.6 is 11.3 Å². The zero-order chi connectivity index (χ0) is 27.8. The first-order valence-electron chi connectivity index (χ1n) is 13.7. The molecule has 0 saturated carbocycles. The molecular weight excluding hydrogens is 518 g/mol. The molecule has 196 valence electrons. The Morgan fingerprint density at radius 2 is 1.20 bits per heavy atom. The number of nitrogens with zero attached hydrogens (tertiary/aromatic N) is 3. The maximum Gasteiger partial charge on any atom is 0.164 e. The highest BCUT2D eigenvalue weighted by Gasteiger charge is 2.17. The van der Waals surface area contributed by atoms with Crippen molar-refractivity contribution in [2.75, 3.05) is 0 Å². The molecule has 2 aromatic heterocycles. The van der Waals surface area contributed by atoms with Gasteiger partial charge in [-0.15, -0.1) is 11.3 Å². The molecule has 3 nitrogen and oxygen atoms in total. The van der Waals surface area contributed by atoms with Gasteiger partial charge in [-0.25, -0.2) is 15.0 Å². The van der Waals surface area contributed by atoms with Crippen molar-refractivity contribution in [2.24, 2.45) is 0 Å². The molecule has 2 heterocycles. The van der Waals surface area contributed by atoms with E-state index < -0.39 is 0 Å². The number of fused-ring (bicyclic) bond motifs is 3. The number of hydrogen-bond acceptors (Lipinski definition) is 4. The van der Waals surface area contributed by atoms with Gasteiger partial charge in [0, 0.05) is 36.9 Å². The van der Waals surface area contributed by atoms with Gasteiger partial charge >= 0.3 is 0 Å². The van der Waals surface area contributed by atoms with Crippen molar-refractivity contribution in [3.63, 3.8) is 0 Å². The number of aromatic nitrogens is 3. The molecule has 0 aliphatic carbocycles. The van der Waals surface area contributed by atoms with E-state index in [4.69, 9.17) is 15.0 Å². The summed E-state index contributed by atoms with van der Waals surface area (Å²) >= 11 is 1.81. The smallest absolute Gasteiger partial charge is 0.164 e. The topological polar surface area (TPSA) is 38.7 Å². The Morgan fingerprint density at radius 3 is 1.95 bits per heavy atom. The molecule has 0 aliphatic rings. The van der Waals surface area contributed by atoms with Gasteiger partial charge in [-0.3, -0.25) is 0 Å². The second kappa shape index (κ2) is 10.6. The van der Waals surface area contributed by atoms with Crippen molar-refractivity contribution in [2.45, 2.75) is 13.8 Å². The second-order valence-electron chi connectivity index (χ2n) is 10.1. The van der Waals surface area contributed by atoms with Crippen molar-refractivity contribution < 1.29 is 0 Å². The van der Waals surface area contributed by atoms with E-state index in [1.807, 2.05) is 35.6 Å². The van der Waals surface area contributed by atoms with Gasteiger partial charge in [0.05, 0.1) is 0 Å². The van der Waals surface area contributed by atoms with Gasteiger partial charge in [-0.1, -0.05) is 103 Å². The molecule has 0 unspecified atom stereocenters. The summed E-state index contributed by atoms with van der Waals surface area (Å²) in [5.74, 6) is 2.00. The monoisotopic (exact) mass is 545 g/mol. The van der Waals surface area contributed by atoms with Gasteiger partial charge in [0.2, 0.25) is 0 Å². The first kappa shape index (κ1) is 25.1. The summed E-state index contributed by atoms with van der Waals surface area (Å²) in [4.78, 5) is 15.2. The van der Waals surface area contributed by atoms with Crippen LogP contribution in [0, 0.1) is 0 Å². The minimum Gasteiger partial charge on any atom is -0.208 e. The van der Waals surface area contributed by atoms with E-state index in [0.717, 1.165) is 27.8 Å². The minimum atomic E-state index is 0.661. The highest BCUT2D eigenvalue weighted by molar-refractivity contribution is 7.25. The predicted octanol–water partition coefficient (Wildman–Crippen LogP) is 10.3. The third-order valence-electron chi connectivity index (χ3n) is 7.52. The van der Waals surface area contributed by atoms with Gasteiger partial charge in [-0.2, -0.15) is 0 Å². The SMILES string of the molecule is C/C=C(\C)c1ccc2sc3cccc(-c4nc(-c5ccccc5)nc(-c5cccc(-c6ccccc6)c5)n4)c3c2c1. The van der Waals surface area contributed by atoms with Crippen LogP contribution in [0.1, 0.15) is 19.4 Å². The molecule has 0 fully saturated rings. The van der Waals surface area contributed by atoms with Crippen LogP contribution in [-0.4, -0.2) is 15.0 Å². The predicted molar refractivity (Wildman–Crippen MR) is 174 cm³/mol. The molecule has 5 aromatic carbocycles. The first-order chi connectivity index (χ1) is 20.2. The highest BCUT2D eigenvalue weighted by atomic mass is 32.1. The molecule has 0 bridgehead atoms. The number of thiophene rings is 1. The molecule has 0 atom stereocenters. The molecular formula is C37H27N3S. The summed E-state index contributed by atoms with van der Waals surface area (Å²) < 4.78 is 2.48. The first-order valence-corrected chi connectivity index (χ1v) is 14.6. The lowest BCUT2D eigenvalue weighted by Crippen LogP contribution is -2.00. The van der Waals surface area contributed by atoms with Gasteiger partial charge in [0.1, 0.15) is 0 Å². The van der Waals surface area contributed by atoms with Crippen LogP contribution in [0.3, 0.4) is 0 Å². The number of benzene rings is 5. The second-order valence-corrected chi connectivity index (χ2v) is 11.2. The van der Waals surface area contributed by atoms with Crippen molar-refractivity contribution in [3.05, 3.63) is 133 Å². The molecule has 0 amide bonds. The van der Waals surface area contributed by atoms with E-state index in [1.54, 1.807) is 0 Å². The Labute approximate surface area is 243 Å². The highest BCUT2D eigenvalue weighted by Crippen LogP contribution is 2.41. The van der Waals surface area contributed by atoms with E-state index in [1.165, 1.54) is 31.3 Å². The third kappa shape index (κ3) is 4.73. The van der Waals surface area contributed by atoms with E-state index in [9.17, 15) is 0 Å². The van der Waals surface area contributed by atoms with E-state index in [-0.39, 0.29) is 0 Å². The zero-order valence-corrected chi connectivity index (χ0v) is 23.7. The number of hydrogen-bond donors (Lipinski definition) is 0. The fourth-order valence-corrected chi connectivity index (χ4v) is 6.35. The molecule has 41 heavy (non-hydrogen) atoms. The normalized spacial score (nSPS) is 11.8. The van der Waals surface area contributed by atoms with Crippen LogP contribution in [0.5, 0.6) is 0 Å². The average molecular weight is 546 g/mol. The molecule has 0 N–H and O–H groups in total. The van der Waals surface area contributed by atoms with Gasteiger partial charge < -0.3 is 0 Å². The quantitative estimate of drug-likeness (QED) is 0.216. The molecule has 4 heteroatoms. The fraction of sp³-hybridized carbons (Fsp3) is 0.0541. The fourth-order valence-electron chi connectivity index (χ4n) is 5.24. The van der Waals surface area contributed by atoms with E-state index in [0.29, 0.717) is 17.5 Å². The van der Waals surface area contributed by atoms with E-state index in [2.05, 4.69) is 117 Å². The van der Waals surface area contributed by atoms with Gasteiger partial charge in [0.25, 0.3) is 0 Å². The number of rotatable bonds is 5. The maximum absolute atomic E-state index is 5.12. The Morgan fingerprint density at radius 1 is 0.561 bits per heavy atom.